The summed E-state index contributed by atoms with van der Waals surface area (Å²) < 4.78 is 6.03. The Morgan fingerprint density at radius 2 is 2.08 bits per heavy atom. The van der Waals surface area contributed by atoms with Gasteiger partial charge in [0.15, 0.2) is 8.32 Å². The van der Waals surface area contributed by atoms with Crippen molar-refractivity contribution < 1.29 is 4.43 Å². The second kappa shape index (κ2) is 3.43. The maximum absolute atomic E-state index is 9.20. The molecule has 2 nitrogen and oxygen atoms in total. The first kappa shape index (κ1) is 10.7. The molecule has 74 valence electrons. The SMILES string of the molecule is C[C@H]1CCCC1(C#N)O[Si](C)(C)C. The van der Waals surface area contributed by atoms with Crippen LogP contribution in [0.2, 0.25) is 19.6 Å². The summed E-state index contributed by atoms with van der Waals surface area (Å²) in [6.07, 6.45) is 3.20. The van der Waals surface area contributed by atoms with Crippen molar-refractivity contribution in [2.24, 2.45) is 5.92 Å². The lowest BCUT2D eigenvalue weighted by Gasteiger charge is -2.33. The lowest BCUT2D eigenvalue weighted by atomic mass is 9.95. The summed E-state index contributed by atoms with van der Waals surface area (Å²) in [6.45, 7) is 8.59. The van der Waals surface area contributed by atoms with Gasteiger partial charge < -0.3 is 4.43 Å². The summed E-state index contributed by atoms with van der Waals surface area (Å²) in [5.41, 5.74) is -0.454. The average molecular weight is 197 g/mol. The fraction of sp³-hybridized carbons (Fsp3) is 0.900. The molecule has 0 saturated heterocycles. The van der Waals surface area contributed by atoms with Gasteiger partial charge in [-0.25, -0.2) is 0 Å². The zero-order valence-corrected chi connectivity index (χ0v) is 10.1. The van der Waals surface area contributed by atoms with Crippen LogP contribution in [0, 0.1) is 17.2 Å². The zero-order valence-electron chi connectivity index (χ0n) is 9.05. The molecule has 0 aromatic rings. The molecule has 1 fully saturated rings. The van der Waals surface area contributed by atoms with Gasteiger partial charge in [-0.2, -0.15) is 5.26 Å². The van der Waals surface area contributed by atoms with E-state index in [0.29, 0.717) is 5.92 Å². The van der Waals surface area contributed by atoms with E-state index in [0.717, 1.165) is 19.3 Å². The molecule has 0 aliphatic heterocycles. The fourth-order valence-electron chi connectivity index (χ4n) is 2.04. The Balaban J connectivity index is 2.78. The molecule has 2 atom stereocenters. The van der Waals surface area contributed by atoms with Gasteiger partial charge in [-0.15, -0.1) is 0 Å². The maximum atomic E-state index is 9.20. The van der Waals surface area contributed by atoms with Crippen LogP contribution in [0.1, 0.15) is 26.2 Å². The molecule has 0 bridgehead atoms. The Hall–Kier alpha value is -0.333. The molecule has 0 aromatic heterocycles. The van der Waals surface area contributed by atoms with Gasteiger partial charge in [0.25, 0.3) is 0 Å². The van der Waals surface area contributed by atoms with Gasteiger partial charge in [0.1, 0.15) is 5.60 Å². The van der Waals surface area contributed by atoms with Crippen molar-refractivity contribution in [1.29, 1.82) is 5.26 Å². The van der Waals surface area contributed by atoms with E-state index < -0.39 is 13.9 Å². The number of nitrogens with zero attached hydrogens (tertiary/aromatic N) is 1. The maximum Gasteiger partial charge on any atom is 0.185 e. The minimum Gasteiger partial charge on any atom is -0.400 e. The van der Waals surface area contributed by atoms with Crippen LogP contribution in [0.15, 0.2) is 0 Å². The van der Waals surface area contributed by atoms with Crippen LogP contribution in [0.3, 0.4) is 0 Å². The highest BCUT2D eigenvalue weighted by Gasteiger charge is 2.44. The van der Waals surface area contributed by atoms with Crippen LogP contribution < -0.4 is 0 Å². The van der Waals surface area contributed by atoms with Crippen molar-refractivity contribution in [2.75, 3.05) is 0 Å². The fourth-order valence-corrected chi connectivity index (χ4v) is 3.48. The van der Waals surface area contributed by atoms with Crippen molar-refractivity contribution in [3.05, 3.63) is 0 Å². The highest BCUT2D eigenvalue weighted by Crippen LogP contribution is 2.39. The summed E-state index contributed by atoms with van der Waals surface area (Å²) >= 11 is 0. The van der Waals surface area contributed by atoms with Crippen molar-refractivity contribution in [3.8, 4) is 6.07 Å². The number of rotatable bonds is 2. The van der Waals surface area contributed by atoms with Gasteiger partial charge >= 0.3 is 0 Å². The first-order valence-electron chi connectivity index (χ1n) is 5.01. The van der Waals surface area contributed by atoms with Crippen molar-refractivity contribution in [3.63, 3.8) is 0 Å². The van der Waals surface area contributed by atoms with Gasteiger partial charge in [-0.3, -0.25) is 0 Å². The third kappa shape index (κ3) is 2.32. The smallest absolute Gasteiger partial charge is 0.185 e. The number of nitriles is 1. The Labute approximate surface area is 82.0 Å². The lowest BCUT2D eigenvalue weighted by Crippen LogP contribution is -2.43. The highest BCUT2D eigenvalue weighted by atomic mass is 28.4. The Bertz CT molecular complexity index is 228. The second-order valence-electron chi connectivity index (χ2n) is 5.01. The van der Waals surface area contributed by atoms with Crippen molar-refractivity contribution in [2.45, 2.75) is 51.4 Å². The molecule has 13 heavy (non-hydrogen) atoms. The predicted molar refractivity (Wildman–Crippen MR) is 55.8 cm³/mol. The van der Waals surface area contributed by atoms with E-state index in [1.165, 1.54) is 0 Å². The Kier molecular flexibility index (Phi) is 2.84. The van der Waals surface area contributed by atoms with Crippen LogP contribution in [0.5, 0.6) is 0 Å². The molecule has 0 spiro atoms. The topological polar surface area (TPSA) is 33.0 Å². The Morgan fingerprint density at radius 1 is 1.46 bits per heavy atom. The Morgan fingerprint density at radius 3 is 2.38 bits per heavy atom. The van der Waals surface area contributed by atoms with Crippen molar-refractivity contribution in [1.82, 2.24) is 0 Å². The van der Waals surface area contributed by atoms with Crippen LogP contribution >= 0.6 is 0 Å². The van der Waals surface area contributed by atoms with Crippen LogP contribution in [0.4, 0.5) is 0 Å². The third-order valence-corrected chi connectivity index (χ3v) is 3.64. The summed E-state index contributed by atoms with van der Waals surface area (Å²) in [5, 5.41) is 9.20. The van der Waals surface area contributed by atoms with E-state index >= 15 is 0 Å². The molecule has 0 amide bonds. The predicted octanol–water partition coefficient (Wildman–Crippen LogP) is 2.92. The molecule has 0 N–H and O–H groups in total. The number of hydrogen-bond acceptors (Lipinski definition) is 2. The van der Waals surface area contributed by atoms with Crippen molar-refractivity contribution >= 4 is 8.32 Å². The molecule has 1 aliphatic carbocycles. The molecule has 0 heterocycles. The number of hydrogen-bond donors (Lipinski definition) is 0. The summed E-state index contributed by atoms with van der Waals surface area (Å²) in [6, 6.07) is 2.40. The molecule has 1 aliphatic rings. The minimum absolute atomic E-state index is 0.407. The minimum atomic E-state index is -1.58. The van der Waals surface area contributed by atoms with E-state index in [-0.39, 0.29) is 0 Å². The largest absolute Gasteiger partial charge is 0.400 e. The highest BCUT2D eigenvalue weighted by molar-refractivity contribution is 6.69. The van der Waals surface area contributed by atoms with Crippen LogP contribution in [-0.2, 0) is 4.43 Å². The van der Waals surface area contributed by atoms with Gasteiger partial charge in [-0.05, 0) is 44.8 Å². The summed E-state index contributed by atoms with van der Waals surface area (Å²) in [7, 11) is -1.58. The van der Waals surface area contributed by atoms with Gasteiger partial charge in [0.2, 0.25) is 0 Å². The second-order valence-corrected chi connectivity index (χ2v) is 9.44. The molecular weight excluding hydrogens is 178 g/mol. The molecule has 1 unspecified atom stereocenters. The molecule has 0 radical (unpaired) electrons. The average Bonchev–Trinajstić information content (AvgIpc) is 2.30. The van der Waals surface area contributed by atoms with E-state index in [1.54, 1.807) is 0 Å². The van der Waals surface area contributed by atoms with Gasteiger partial charge in [-0.1, -0.05) is 6.92 Å². The molecule has 1 rings (SSSR count). The molecule has 3 heteroatoms. The molecule has 1 saturated carbocycles. The van der Waals surface area contributed by atoms with Crippen LogP contribution in [-0.4, -0.2) is 13.9 Å². The first-order valence-corrected chi connectivity index (χ1v) is 8.42. The van der Waals surface area contributed by atoms with Gasteiger partial charge in [0.05, 0.1) is 6.07 Å². The van der Waals surface area contributed by atoms with E-state index in [4.69, 9.17) is 4.43 Å². The normalized spacial score (nSPS) is 34.5. The van der Waals surface area contributed by atoms with E-state index in [2.05, 4.69) is 32.6 Å². The summed E-state index contributed by atoms with van der Waals surface area (Å²) in [5.74, 6) is 0.407. The molecular formula is C10H19NOSi. The lowest BCUT2D eigenvalue weighted by molar-refractivity contribution is 0.0860. The summed E-state index contributed by atoms with van der Waals surface area (Å²) in [4.78, 5) is 0. The zero-order chi connectivity index (χ0) is 10.1. The van der Waals surface area contributed by atoms with Gasteiger partial charge in [0, 0.05) is 0 Å². The monoisotopic (exact) mass is 197 g/mol. The third-order valence-electron chi connectivity index (χ3n) is 2.66. The quantitative estimate of drug-likeness (QED) is 0.638. The van der Waals surface area contributed by atoms with E-state index in [1.807, 2.05) is 0 Å². The standard InChI is InChI=1S/C10H19NOSi/c1-9-6-5-7-10(9,8-11)12-13(2,3)4/h9H,5-7H2,1-4H3/t9-,10?/m0/s1. The molecule has 0 aromatic carbocycles. The first-order chi connectivity index (χ1) is 5.90. The van der Waals surface area contributed by atoms with Crippen LogP contribution in [0.25, 0.3) is 0 Å². The van der Waals surface area contributed by atoms with E-state index in [9.17, 15) is 5.26 Å².